The molecule has 1 amide bonds. The van der Waals surface area contributed by atoms with Crippen LogP contribution >= 0.6 is 0 Å². The zero-order valence-corrected chi connectivity index (χ0v) is 13.8. The fourth-order valence-corrected chi connectivity index (χ4v) is 5.14. The van der Waals surface area contributed by atoms with Crippen LogP contribution < -0.4 is 0 Å². The van der Waals surface area contributed by atoms with Gasteiger partial charge in [0.1, 0.15) is 0 Å². The molecule has 1 saturated heterocycles. The Hall–Kier alpha value is -1.40. The molecule has 1 heterocycles. The maximum absolute atomic E-state index is 12.9. The molecule has 0 bridgehead atoms. The van der Waals surface area contributed by atoms with Crippen molar-refractivity contribution in [2.24, 2.45) is 0 Å². The van der Waals surface area contributed by atoms with Crippen molar-refractivity contribution in [3.05, 3.63) is 30.3 Å². The van der Waals surface area contributed by atoms with Gasteiger partial charge in [-0.3, -0.25) is 4.79 Å². The number of amides is 1. The van der Waals surface area contributed by atoms with Gasteiger partial charge in [-0.15, -0.1) is 0 Å². The van der Waals surface area contributed by atoms with Crippen LogP contribution in [0.5, 0.6) is 0 Å². The summed E-state index contributed by atoms with van der Waals surface area (Å²) in [6.45, 7) is 1.27. The Bertz CT molecular complexity index is 666. The van der Waals surface area contributed by atoms with Crippen molar-refractivity contribution in [1.82, 2.24) is 9.80 Å². The molecule has 3 rings (SSSR count). The molecule has 22 heavy (non-hydrogen) atoms. The van der Waals surface area contributed by atoms with E-state index in [2.05, 4.69) is 4.90 Å². The number of hydrogen-bond donors (Lipinski definition) is 0. The van der Waals surface area contributed by atoms with Crippen molar-refractivity contribution in [2.45, 2.75) is 34.9 Å². The second kappa shape index (κ2) is 5.35. The summed E-state index contributed by atoms with van der Waals surface area (Å²) >= 11 is 0. The van der Waals surface area contributed by atoms with Gasteiger partial charge >= 0.3 is 0 Å². The summed E-state index contributed by atoms with van der Waals surface area (Å²) in [6.07, 6.45) is 1.78. The van der Waals surface area contributed by atoms with Crippen LogP contribution in [0.15, 0.2) is 35.2 Å². The van der Waals surface area contributed by atoms with Crippen LogP contribution in [0.2, 0.25) is 0 Å². The van der Waals surface area contributed by atoms with Gasteiger partial charge in [0.15, 0.2) is 14.6 Å². The van der Waals surface area contributed by atoms with Gasteiger partial charge in [-0.1, -0.05) is 18.2 Å². The third-order valence-electron chi connectivity index (χ3n) is 4.84. The first kappa shape index (κ1) is 15.5. The molecule has 1 saturated carbocycles. The number of carbonyl (C=O) groups excluding carboxylic acids is 1. The molecule has 2 fully saturated rings. The Balaban J connectivity index is 1.84. The lowest BCUT2D eigenvalue weighted by molar-refractivity contribution is -0.130. The highest BCUT2D eigenvalue weighted by molar-refractivity contribution is 7.94. The number of nitrogens with zero attached hydrogens (tertiary/aromatic N) is 2. The number of likely N-dealkylation sites (tertiary alicyclic amines) is 1. The SMILES string of the molecule is CN(C)[C@H]1CCN(C(=O)C2(S(=O)(=O)c3ccccc3)CC2)C1. The monoisotopic (exact) mass is 322 g/mol. The predicted octanol–water partition coefficient (Wildman–Crippen LogP) is 1.16. The van der Waals surface area contributed by atoms with E-state index >= 15 is 0 Å². The molecule has 0 unspecified atom stereocenters. The van der Waals surface area contributed by atoms with Gasteiger partial charge in [0.25, 0.3) is 0 Å². The van der Waals surface area contributed by atoms with E-state index in [0.717, 1.165) is 6.42 Å². The van der Waals surface area contributed by atoms with E-state index in [-0.39, 0.29) is 10.8 Å². The van der Waals surface area contributed by atoms with E-state index < -0.39 is 14.6 Å². The van der Waals surface area contributed by atoms with E-state index in [4.69, 9.17) is 0 Å². The summed E-state index contributed by atoms with van der Waals surface area (Å²) < 4.78 is 24.5. The van der Waals surface area contributed by atoms with Gasteiger partial charge < -0.3 is 9.80 Å². The minimum atomic E-state index is -3.61. The second-order valence-electron chi connectivity index (χ2n) is 6.47. The van der Waals surface area contributed by atoms with Gasteiger partial charge in [-0.05, 0) is 45.5 Å². The summed E-state index contributed by atoms with van der Waals surface area (Å²) in [4.78, 5) is 16.9. The van der Waals surface area contributed by atoms with E-state index in [1.165, 1.54) is 0 Å². The van der Waals surface area contributed by atoms with Crippen molar-refractivity contribution in [3.8, 4) is 0 Å². The predicted molar refractivity (Wildman–Crippen MR) is 84.3 cm³/mol. The third-order valence-corrected chi connectivity index (χ3v) is 7.35. The Kier molecular flexibility index (Phi) is 3.77. The molecule has 1 atom stereocenters. The molecule has 5 nitrogen and oxygen atoms in total. The minimum Gasteiger partial charge on any atom is -0.340 e. The summed E-state index contributed by atoms with van der Waals surface area (Å²) in [5, 5.41) is 0. The molecular weight excluding hydrogens is 300 g/mol. The van der Waals surface area contributed by atoms with Gasteiger partial charge in [-0.25, -0.2) is 8.42 Å². The van der Waals surface area contributed by atoms with Crippen molar-refractivity contribution in [3.63, 3.8) is 0 Å². The molecule has 0 spiro atoms. The molecule has 1 aromatic rings. The van der Waals surface area contributed by atoms with E-state index in [9.17, 15) is 13.2 Å². The van der Waals surface area contributed by atoms with E-state index in [1.807, 2.05) is 14.1 Å². The minimum absolute atomic E-state index is 0.208. The van der Waals surface area contributed by atoms with Crippen LogP contribution in [0.1, 0.15) is 19.3 Å². The van der Waals surface area contributed by atoms with Crippen molar-refractivity contribution in [1.29, 1.82) is 0 Å². The molecule has 1 aliphatic heterocycles. The molecule has 0 radical (unpaired) electrons. The van der Waals surface area contributed by atoms with E-state index in [1.54, 1.807) is 35.2 Å². The summed E-state index contributed by atoms with van der Waals surface area (Å²) in [5.41, 5.74) is 0. The number of rotatable bonds is 4. The fourth-order valence-electron chi connectivity index (χ4n) is 3.17. The molecule has 6 heteroatoms. The van der Waals surface area contributed by atoms with E-state index in [0.29, 0.717) is 32.0 Å². The normalized spacial score (nSPS) is 23.8. The molecule has 0 N–H and O–H groups in total. The number of hydrogen-bond acceptors (Lipinski definition) is 4. The summed E-state index contributed by atoms with van der Waals surface area (Å²) in [5.74, 6) is -0.208. The maximum atomic E-state index is 12.9. The van der Waals surface area contributed by atoms with Gasteiger partial charge in [0.05, 0.1) is 4.90 Å². The average molecular weight is 322 g/mol. The van der Waals surface area contributed by atoms with Crippen molar-refractivity contribution >= 4 is 15.7 Å². The van der Waals surface area contributed by atoms with Crippen LogP contribution in [0.25, 0.3) is 0 Å². The first-order chi connectivity index (χ1) is 10.4. The highest BCUT2D eigenvalue weighted by Crippen LogP contribution is 2.48. The number of sulfone groups is 1. The van der Waals surface area contributed by atoms with Crippen molar-refractivity contribution < 1.29 is 13.2 Å². The van der Waals surface area contributed by atoms with Gasteiger partial charge in [0, 0.05) is 19.1 Å². The third kappa shape index (κ3) is 2.34. The number of benzene rings is 1. The molecule has 0 aromatic heterocycles. The largest absolute Gasteiger partial charge is 0.340 e. The topological polar surface area (TPSA) is 57.7 Å². The second-order valence-corrected chi connectivity index (χ2v) is 8.73. The first-order valence-corrected chi connectivity index (χ1v) is 9.12. The van der Waals surface area contributed by atoms with Crippen molar-refractivity contribution in [2.75, 3.05) is 27.2 Å². The van der Waals surface area contributed by atoms with Crippen LogP contribution in [-0.2, 0) is 14.6 Å². The zero-order valence-electron chi connectivity index (χ0n) is 13.0. The molecule has 2 aliphatic rings. The van der Waals surface area contributed by atoms with Gasteiger partial charge in [-0.2, -0.15) is 0 Å². The summed E-state index contributed by atoms with van der Waals surface area (Å²) in [7, 11) is 0.378. The van der Waals surface area contributed by atoms with Crippen LogP contribution in [-0.4, -0.2) is 62.1 Å². The Morgan fingerprint density at radius 1 is 1.23 bits per heavy atom. The van der Waals surface area contributed by atoms with Crippen LogP contribution in [0.3, 0.4) is 0 Å². The number of likely N-dealkylation sites (N-methyl/N-ethyl adjacent to an activating group) is 1. The smallest absolute Gasteiger partial charge is 0.244 e. The molecule has 1 aliphatic carbocycles. The zero-order chi connectivity index (χ0) is 16.0. The fraction of sp³-hybridized carbons (Fsp3) is 0.562. The van der Waals surface area contributed by atoms with Crippen LogP contribution in [0, 0.1) is 0 Å². The lowest BCUT2D eigenvalue weighted by atomic mass is 10.2. The van der Waals surface area contributed by atoms with Crippen LogP contribution in [0.4, 0.5) is 0 Å². The number of carbonyl (C=O) groups is 1. The first-order valence-electron chi connectivity index (χ1n) is 7.64. The lowest BCUT2D eigenvalue weighted by Gasteiger charge is -2.24. The standard InChI is InChI=1S/C16H22N2O3S/c1-17(2)13-8-11-18(12-13)15(19)16(9-10-16)22(20,21)14-6-4-3-5-7-14/h3-7,13H,8-12H2,1-2H3/t13-/m0/s1. The Labute approximate surface area is 131 Å². The Morgan fingerprint density at radius 3 is 2.36 bits per heavy atom. The highest BCUT2D eigenvalue weighted by Gasteiger charge is 2.62. The highest BCUT2D eigenvalue weighted by atomic mass is 32.2. The quantitative estimate of drug-likeness (QED) is 0.834. The maximum Gasteiger partial charge on any atom is 0.244 e. The average Bonchev–Trinajstić information content (AvgIpc) is 3.18. The summed E-state index contributed by atoms with van der Waals surface area (Å²) in [6, 6.07) is 8.66. The Morgan fingerprint density at radius 2 is 1.86 bits per heavy atom. The molecule has 120 valence electrons. The van der Waals surface area contributed by atoms with Gasteiger partial charge in [0.2, 0.25) is 5.91 Å². The lowest BCUT2D eigenvalue weighted by Crippen LogP contribution is -2.45. The molecule has 1 aromatic carbocycles. The molecular formula is C16H22N2O3S.